The molecule has 1 heterocycles. The molecule has 1 aromatic rings. The minimum atomic E-state index is -0.110. The molecular weight excluding hydrogens is 238 g/mol. The number of amides is 1. The van der Waals surface area contributed by atoms with Gasteiger partial charge in [0.2, 0.25) is 5.91 Å². The summed E-state index contributed by atoms with van der Waals surface area (Å²) in [5, 5.41) is 6.27. The summed E-state index contributed by atoms with van der Waals surface area (Å²) in [7, 11) is 0. The Hall–Kier alpha value is -1.55. The van der Waals surface area contributed by atoms with Gasteiger partial charge >= 0.3 is 0 Å². The molecule has 1 aromatic carbocycles. The Kier molecular flexibility index (Phi) is 5.21. The van der Waals surface area contributed by atoms with E-state index < -0.39 is 0 Å². The fraction of sp³-hybridized carbons (Fsp3) is 0.533. The van der Waals surface area contributed by atoms with Crippen molar-refractivity contribution >= 4 is 11.6 Å². The van der Waals surface area contributed by atoms with E-state index in [0.717, 1.165) is 50.9 Å². The maximum absolute atomic E-state index is 12.0. The van der Waals surface area contributed by atoms with Crippen LogP contribution in [0.1, 0.15) is 31.2 Å². The number of benzene rings is 1. The number of hydrogen-bond acceptors (Lipinski definition) is 3. The first kappa shape index (κ1) is 13.9. The maximum atomic E-state index is 12.0. The van der Waals surface area contributed by atoms with Crippen LogP contribution in [-0.4, -0.2) is 25.0 Å². The second-order valence-electron chi connectivity index (χ2n) is 5.05. The zero-order chi connectivity index (χ0) is 13.5. The van der Waals surface area contributed by atoms with E-state index in [1.54, 1.807) is 0 Å². The normalized spacial score (nSPS) is 16.8. The minimum absolute atomic E-state index is 0.107. The second-order valence-corrected chi connectivity index (χ2v) is 5.05. The lowest BCUT2D eigenvalue weighted by atomic mass is 10.1. The summed E-state index contributed by atoms with van der Waals surface area (Å²) < 4.78 is 0. The fourth-order valence-electron chi connectivity index (χ4n) is 2.41. The molecule has 0 aliphatic carbocycles. The molecule has 2 rings (SSSR count). The highest BCUT2D eigenvalue weighted by Gasteiger charge is 2.25. The predicted octanol–water partition coefficient (Wildman–Crippen LogP) is 1.66. The molecule has 0 saturated carbocycles. The molecular formula is C15H23N3O. The molecule has 0 fully saturated rings. The first-order valence-electron chi connectivity index (χ1n) is 7.13. The molecule has 1 aliphatic heterocycles. The zero-order valence-electron chi connectivity index (χ0n) is 11.3. The summed E-state index contributed by atoms with van der Waals surface area (Å²) in [5.41, 5.74) is 7.75. The van der Waals surface area contributed by atoms with Gasteiger partial charge in [0.25, 0.3) is 0 Å². The van der Waals surface area contributed by atoms with E-state index in [9.17, 15) is 4.79 Å². The van der Waals surface area contributed by atoms with E-state index >= 15 is 0 Å². The molecule has 104 valence electrons. The fourth-order valence-corrected chi connectivity index (χ4v) is 2.41. The van der Waals surface area contributed by atoms with Gasteiger partial charge in [0.05, 0.1) is 0 Å². The van der Waals surface area contributed by atoms with Crippen LogP contribution in [-0.2, 0) is 11.2 Å². The van der Waals surface area contributed by atoms with Crippen LogP contribution in [0.2, 0.25) is 0 Å². The largest absolute Gasteiger partial charge is 0.373 e. The SMILES string of the molecule is NCCCCCCNC(=O)C1Cc2ccccc2N1. The van der Waals surface area contributed by atoms with Crippen LogP contribution in [0, 0.1) is 0 Å². The molecule has 1 atom stereocenters. The number of rotatable bonds is 7. The molecule has 0 bridgehead atoms. The first-order valence-corrected chi connectivity index (χ1v) is 7.13. The van der Waals surface area contributed by atoms with Gasteiger partial charge in [0.1, 0.15) is 6.04 Å². The summed E-state index contributed by atoms with van der Waals surface area (Å²) in [6.45, 7) is 1.52. The Balaban J connectivity index is 1.66. The number of nitrogens with one attached hydrogen (secondary N) is 2. The Labute approximate surface area is 114 Å². The van der Waals surface area contributed by atoms with Crippen molar-refractivity contribution in [3.63, 3.8) is 0 Å². The van der Waals surface area contributed by atoms with Crippen molar-refractivity contribution in [3.8, 4) is 0 Å². The van der Waals surface area contributed by atoms with E-state index in [4.69, 9.17) is 5.73 Å². The molecule has 4 nitrogen and oxygen atoms in total. The third kappa shape index (κ3) is 3.96. The molecule has 1 unspecified atom stereocenters. The van der Waals surface area contributed by atoms with E-state index in [2.05, 4.69) is 16.7 Å². The molecule has 0 radical (unpaired) electrons. The summed E-state index contributed by atoms with van der Waals surface area (Å²) >= 11 is 0. The van der Waals surface area contributed by atoms with Crippen molar-refractivity contribution in [3.05, 3.63) is 29.8 Å². The van der Waals surface area contributed by atoms with Gasteiger partial charge in [-0.2, -0.15) is 0 Å². The quantitative estimate of drug-likeness (QED) is 0.654. The topological polar surface area (TPSA) is 67.1 Å². The maximum Gasteiger partial charge on any atom is 0.242 e. The van der Waals surface area contributed by atoms with Gasteiger partial charge in [0, 0.05) is 18.7 Å². The molecule has 0 saturated heterocycles. The van der Waals surface area contributed by atoms with Crippen molar-refractivity contribution in [2.75, 3.05) is 18.4 Å². The van der Waals surface area contributed by atoms with Crippen LogP contribution in [0.25, 0.3) is 0 Å². The number of carbonyl (C=O) groups is 1. The monoisotopic (exact) mass is 261 g/mol. The van der Waals surface area contributed by atoms with Gasteiger partial charge in [-0.3, -0.25) is 4.79 Å². The van der Waals surface area contributed by atoms with Crippen molar-refractivity contribution < 1.29 is 4.79 Å². The van der Waals surface area contributed by atoms with Gasteiger partial charge in [-0.15, -0.1) is 0 Å². The number of unbranched alkanes of at least 4 members (excludes halogenated alkanes) is 3. The number of anilines is 1. The summed E-state index contributed by atoms with van der Waals surface area (Å²) in [5.74, 6) is 0.107. The Morgan fingerprint density at radius 3 is 2.84 bits per heavy atom. The van der Waals surface area contributed by atoms with Gasteiger partial charge < -0.3 is 16.4 Å². The molecule has 4 N–H and O–H groups in total. The zero-order valence-corrected chi connectivity index (χ0v) is 11.3. The van der Waals surface area contributed by atoms with Crippen molar-refractivity contribution in [2.24, 2.45) is 5.73 Å². The Morgan fingerprint density at radius 2 is 2.05 bits per heavy atom. The van der Waals surface area contributed by atoms with E-state index in [1.165, 1.54) is 5.56 Å². The van der Waals surface area contributed by atoms with Crippen LogP contribution in [0.4, 0.5) is 5.69 Å². The van der Waals surface area contributed by atoms with Gasteiger partial charge in [-0.05, 0) is 31.0 Å². The van der Waals surface area contributed by atoms with Gasteiger partial charge in [0.15, 0.2) is 0 Å². The molecule has 0 aromatic heterocycles. The molecule has 0 spiro atoms. The lowest BCUT2D eigenvalue weighted by Crippen LogP contribution is -2.38. The number of para-hydroxylation sites is 1. The van der Waals surface area contributed by atoms with Crippen LogP contribution >= 0.6 is 0 Å². The second kappa shape index (κ2) is 7.14. The molecule has 4 heteroatoms. The highest BCUT2D eigenvalue weighted by molar-refractivity contribution is 5.87. The standard InChI is InChI=1S/C15H23N3O/c16-9-5-1-2-6-10-17-15(19)14-11-12-7-3-4-8-13(12)18-14/h3-4,7-8,14,18H,1-2,5-6,9-11,16H2,(H,17,19). The minimum Gasteiger partial charge on any atom is -0.373 e. The third-order valence-electron chi connectivity index (χ3n) is 3.52. The Morgan fingerprint density at radius 1 is 1.26 bits per heavy atom. The average Bonchev–Trinajstić information content (AvgIpc) is 2.86. The lowest BCUT2D eigenvalue weighted by Gasteiger charge is -2.11. The lowest BCUT2D eigenvalue weighted by molar-refractivity contribution is -0.121. The number of hydrogen-bond donors (Lipinski definition) is 3. The van der Waals surface area contributed by atoms with Crippen LogP contribution in [0.5, 0.6) is 0 Å². The van der Waals surface area contributed by atoms with Gasteiger partial charge in [-0.1, -0.05) is 31.0 Å². The number of fused-ring (bicyclic) bond motifs is 1. The summed E-state index contributed by atoms with van der Waals surface area (Å²) in [6.07, 6.45) is 5.18. The van der Waals surface area contributed by atoms with Crippen molar-refractivity contribution in [1.29, 1.82) is 0 Å². The van der Waals surface area contributed by atoms with Crippen LogP contribution in [0.3, 0.4) is 0 Å². The average molecular weight is 261 g/mol. The van der Waals surface area contributed by atoms with Crippen molar-refractivity contribution in [1.82, 2.24) is 5.32 Å². The van der Waals surface area contributed by atoms with Crippen LogP contribution < -0.4 is 16.4 Å². The first-order chi connectivity index (χ1) is 9.31. The smallest absolute Gasteiger partial charge is 0.242 e. The summed E-state index contributed by atoms with van der Waals surface area (Å²) in [4.78, 5) is 12.0. The Bertz CT molecular complexity index is 395. The number of nitrogens with two attached hydrogens (primary N) is 1. The van der Waals surface area contributed by atoms with E-state index in [1.807, 2.05) is 18.2 Å². The summed E-state index contributed by atoms with van der Waals surface area (Å²) in [6, 6.07) is 7.99. The van der Waals surface area contributed by atoms with E-state index in [-0.39, 0.29) is 11.9 Å². The van der Waals surface area contributed by atoms with Crippen molar-refractivity contribution in [2.45, 2.75) is 38.1 Å². The predicted molar refractivity (Wildman–Crippen MR) is 78.1 cm³/mol. The number of carbonyl (C=O) groups excluding carboxylic acids is 1. The van der Waals surface area contributed by atoms with Gasteiger partial charge in [-0.25, -0.2) is 0 Å². The van der Waals surface area contributed by atoms with Crippen LogP contribution in [0.15, 0.2) is 24.3 Å². The molecule has 19 heavy (non-hydrogen) atoms. The highest BCUT2D eigenvalue weighted by atomic mass is 16.2. The molecule has 1 amide bonds. The third-order valence-corrected chi connectivity index (χ3v) is 3.52. The van der Waals surface area contributed by atoms with E-state index in [0.29, 0.717) is 0 Å². The molecule has 1 aliphatic rings. The highest BCUT2D eigenvalue weighted by Crippen LogP contribution is 2.24.